The lowest BCUT2D eigenvalue weighted by molar-refractivity contribution is -0.130. The Hall–Kier alpha value is -2.44. The van der Waals surface area contributed by atoms with Gasteiger partial charge in [0.15, 0.2) is 0 Å². The summed E-state index contributed by atoms with van der Waals surface area (Å²) in [5.74, 6) is 0.529. The highest BCUT2D eigenvalue weighted by Crippen LogP contribution is 2.41. The molecule has 26 heavy (non-hydrogen) atoms. The van der Waals surface area contributed by atoms with E-state index >= 15 is 0 Å². The molecule has 4 heterocycles. The van der Waals surface area contributed by atoms with Crippen LogP contribution in [0.2, 0.25) is 0 Å². The maximum atomic E-state index is 13.6. The average Bonchev–Trinajstić information content (AvgIpc) is 3.33. The van der Waals surface area contributed by atoms with Gasteiger partial charge in [0, 0.05) is 43.7 Å². The van der Waals surface area contributed by atoms with E-state index in [-0.39, 0.29) is 23.9 Å². The SMILES string of the molecule is Cc1noc2nc(C3CC3)cc(C(=O)N3[C@@H]4CC[C@H]3CN(C)C(=O)C4)c12. The summed E-state index contributed by atoms with van der Waals surface area (Å²) >= 11 is 0. The second-order valence-corrected chi connectivity index (χ2v) is 7.89. The van der Waals surface area contributed by atoms with Crippen LogP contribution < -0.4 is 0 Å². The van der Waals surface area contributed by atoms with Crippen molar-refractivity contribution >= 4 is 22.9 Å². The van der Waals surface area contributed by atoms with E-state index in [1.165, 1.54) is 0 Å². The zero-order valence-electron chi connectivity index (χ0n) is 15.1. The van der Waals surface area contributed by atoms with Gasteiger partial charge in [-0.05, 0) is 38.7 Å². The minimum Gasteiger partial charge on any atom is -0.344 e. The predicted octanol–water partition coefficient (Wildman–Crippen LogP) is 2.24. The Morgan fingerprint density at radius 1 is 1.23 bits per heavy atom. The minimum atomic E-state index is -0.0160. The van der Waals surface area contributed by atoms with Gasteiger partial charge in [-0.1, -0.05) is 5.16 Å². The number of rotatable bonds is 2. The smallest absolute Gasteiger partial charge is 0.259 e. The Kier molecular flexibility index (Phi) is 3.36. The highest BCUT2D eigenvalue weighted by Gasteiger charge is 2.43. The van der Waals surface area contributed by atoms with Crippen molar-refractivity contribution in [3.63, 3.8) is 0 Å². The molecule has 2 bridgehead atoms. The van der Waals surface area contributed by atoms with Gasteiger partial charge in [0.1, 0.15) is 0 Å². The maximum Gasteiger partial charge on any atom is 0.259 e. The monoisotopic (exact) mass is 354 g/mol. The van der Waals surface area contributed by atoms with Crippen LogP contribution in [0.25, 0.3) is 11.1 Å². The molecule has 2 amide bonds. The molecule has 3 fully saturated rings. The van der Waals surface area contributed by atoms with Gasteiger partial charge in [0.2, 0.25) is 5.91 Å². The molecule has 2 saturated heterocycles. The first kappa shape index (κ1) is 15.8. The van der Waals surface area contributed by atoms with Crippen LogP contribution >= 0.6 is 0 Å². The maximum absolute atomic E-state index is 13.6. The zero-order valence-corrected chi connectivity index (χ0v) is 15.1. The molecule has 0 radical (unpaired) electrons. The van der Waals surface area contributed by atoms with Crippen molar-refractivity contribution < 1.29 is 14.1 Å². The molecule has 1 saturated carbocycles. The van der Waals surface area contributed by atoms with Crippen LogP contribution in [0.4, 0.5) is 0 Å². The summed E-state index contributed by atoms with van der Waals surface area (Å²) < 4.78 is 5.38. The van der Waals surface area contributed by atoms with Gasteiger partial charge in [0.05, 0.1) is 16.6 Å². The van der Waals surface area contributed by atoms with Crippen molar-refractivity contribution in [3.8, 4) is 0 Å². The van der Waals surface area contributed by atoms with Gasteiger partial charge >= 0.3 is 0 Å². The third kappa shape index (κ3) is 2.33. The summed E-state index contributed by atoms with van der Waals surface area (Å²) in [5, 5.41) is 4.74. The Bertz CT molecular complexity index is 917. The fourth-order valence-corrected chi connectivity index (χ4v) is 4.46. The van der Waals surface area contributed by atoms with Crippen LogP contribution in [0, 0.1) is 6.92 Å². The number of likely N-dealkylation sites (N-methyl/N-ethyl adjacent to an activating group) is 1. The van der Waals surface area contributed by atoms with E-state index in [2.05, 4.69) is 10.1 Å². The summed E-state index contributed by atoms with van der Waals surface area (Å²) in [6.07, 6.45) is 4.45. The van der Waals surface area contributed by atoms with E-state index in [1.54, 1.807) is 4.90 Å². The Balaban J connectivity index is 1.60. The van der Waals surface area contributed by atoms with Gasteiger partial charge in [-0.15, -0.1) is 0 Å². The van der Waals surface area contributed by atoms with Crippen molar-refractivity contribution in [2.75, 3.05) is 13.6 Å². The number of nitrogens with zero attached hydrogens (tertiary/aromatic N) is 4. The largest absolute Gasteiger partial charge is 0.344 e. The predicted molar refractivity (Wildman–Crippen MR) is 93.7 cm³/mol. The highest BCUT2D eigenvalue weighted by atomic mass is 16.5. The Morgan fingerprint density at radius 2 is 2.00 bits per heavy atom. The molecule has 136 valence electrons. The van der Waals surface area contributed by atoms with E-state index in [0.29, 0.717) is 41.2 Å². The number of carbonyl (C=O) groups excluding carboxylic acids is 2. The highest BCUT2D eigenvalue weighted by molar-refractivity contribution is 6.06. The van der Waals surface area contributed by atoms with Crippen LogP contribution in [0.5, 0.6) is 0 Å². The van der Waals surface area contributed by atoms with Crippen molar-refractivity contribution in [2.24, 2.45) is 0 Å². The molecular formula is C19H22N4O3. The van der Waals surface area contributed by atoms with E-state index < -0.39 is 0 Å². The number of likely N-dealkylation sites (tertiary alicyclic amines) is 1. The lowest BCUT2D eigenvalue weighted by atomic mass is 10.1. The molecule has 7 nitrogen and oxygen atoms in total. The molecular weight excluding hydrogens is 332 g/mol. The number of hydrogen-bond donors (Lipinski definition) is 0. The van der Waals surface area contributed by atoms with Crippen LogP contribution in [0.1, 0.15) is 59.8 Å². The van der Waals surface area contributed by atoms with Crippen LogP contribution in [-0.2, 0) is 4.79 Å². The average molecular weight is 354 g/mol. The summed E-state index contributed by atoms with van der Waals surface area (Å²) in [6, 6.07) is 2.00. The van der Waals surface area contributed by atoms with Crippen molar-refractivity contribution in [1.29, 1.82) is 0 Å². The molecule has 7 heteroatoms. The summed E-state index contributed by atoms with van der Waals surface area (Å²) in [5.41, 5.74) is 2.69. The van der Waals surface area contributed by atoms with Crippen LogP contribution in [0.3, 0.4) is 0 Å². The first-order valence-electron chi connectivity index (χ1n) is 9.36. The van der Waals surface area contributed by atoms with Gasteiger partial charge in [0.25, 0.3) is 11.6 Å². The van der Waals surface area contributed by atoms with Crippen molar-refractivity contribution in [2.45, 2.75) is 57.0 Å². The molecule has 0 spiro atoms. The molecule has 2 atom stereocenters. The molecule has 3 aliphatic rings. The topological polar surface area (TPSA) is 79.5 Å². The van der Waals surface area contributed by atoms with E-state index in [1.807, 2.05) is 24.9 Å². The molecule has 0 unspecified atom stereocenters. The van der Waals surface area contributed by atoms with Crippen LogP contribution in [-0.4, -0.2) is 57.4 Å². The van der Waals surface area contributed by atoms with E-state index in [4.69, 9.17) is 4.52 Å². The lowest BCUT2D eigenvalue weighted by Crippen LogP contribution is -2.42. The van der Waals surface area contributed by atoms with Crippen LogP contribution in [0.15, 0.2) is 10.6 Å². The summed E-state index contributed by atoms with van der Waals surface area (Å²) in [6.45, 7) is 2.45. The Morgan fingerprint density at radius 3 is 2.77 bits per heavy atom. The second kappa shape index (κ2) is 5.53. The first-order chi connectivity index (χ1) is 12.5. The molecule has 2 aromatic rings. The molecule has 2 aliphatic heterocycles. The Labute approximate surface area is 151 Å². The normalized spacial score (nSPS) is 25.8. The van der Waals surface area contributed by atoms with Crippen molar-refractivity contribution in [1.82, 2.24) is 19.9 Å². The third-order valence-corrected chi connectivity index (χ3v) is 6.04. The van der Waals surface area contributed by atoms with Gasteiger partial charge in [-0.3, -0.25) is 9.59 Å². The number of fused-ring (bicyclic) bond motifs is 3. The fraction of sp³-hybridized carbons (Fsp3) is 0.579. The second-order valence-electron chi connectivity index (χ2n) is 7.89. The number of hydrogen-bond acceptors (Lipinski definition) is 5. The number of aryl methyl sites for hydroxylation is 1. The van der Waals surface area contributed by atoms with E-state index in [9.17, 15) is 9.59 Å². The standard InChI is InChI=1S/C19H22N4O3/c1-10-17-14(8-15(11-3-4-11)20-18(17)26-21-10)19(25)23-12-5-6-13(23)9-22(2)16(24)7-12/h8,11-13H,3-7,9H2,1-2H3/t12-,13+/m1/s1. The molecule has 1 aliphatic carbocycles. The number of carbonyl (C=O) groups is 2. The molecule has 0 aromatic carbocycles. The first-order valence-corrected chi connectivity index (χ1v) is 9.36. The lowest BCUT2D eigenvalue weighted by Gasteiger charge is -2.28. The van der Waals surface area contributed by atoms with Crippen molar-refractivity contribution in [3.05, 3.63) is 23.0 Å². The molecule has 0 N–H and O–H groups in total. The van der Waals surface area contributed by atoms with Gasteiger partial charge < -0.3 is 14.3 Å². The summed E-state index contributed by atoms with van der Waals surface area (Å²) in [7, 11) is 1.83. The molecule has 5 rings (SSSR count). The van der Waals surface area contributed by atoms with E-state index in [0.717, 1.165) is 31.4 Å². The van der Waals surface area contributed by atoms with Gasteiger partial charge in [-0.25, -0.2) is 4.98 Å². The third-order valence-electron chi connectivity index (χ3n) is 6.04. The zero-order chi connectivity index (χ0) is 18.0. The number of amides is 2. The fourth-order valence-electron chi connectivity index (χ4n) is 4.46. The number of aromatic nitrogens is 2. The molecule has 2 aromatic heterocycles. The quantitative estimate of drug-likeness (QED) is 0.826. The summed E-state index contributed by atoms with van der Waals surface area (Å²) in [4.78, 5) is 34.1. The van der Waals surface area contributed by atoms with Gasteiger partial charge in [-0.2, -0.15) is 0 Å². The minimum absolute atomic E-state index is 0.0128. The number of pyridine rings is 1.